The van der Waals surface area contributed by atoms with Crippen LogP contribution in [-0.2, 0) is 10.0 Å². The lowest BCUT2D eigenvalue weighted by atomic mass is 10.3. The van der Waals surface area contributed by atoms with E-state index in [4.69, 9.17) is 17.3 Å². The minimum absolute atomic E-state index is 0.123. The van der Waals surface area contributed by atoms with E-state index in [0.29, 0.717) is 11.0 Å². The Morgan fingerprint density at radius 1 is 1.50 bits per heavy atom. The van der Waals surface area contributed by atoms with Crippen LogP contribution in [0.25, 0.3) is 11.0 Å². The molecular formula is C8H7ClN4O2S3. The quantitative estimate of drug-likeness (QED) is 0.825. The Labute approximate surface area is 118 Å². The Kier molecular flexibility index (Phi) is 3.66. The van der Waals surface area contributed by atoms with Crippen LogP contribution in [0.15, 0.2) is 12.1 Å². The number of nitrogens with zero attached hydrogens (tertiary/aromatic N) is 2. The number of fused-ring (bicyclic) bond motifs is 1. The van der Waals surface area contributed by atoms with Gasteiger partial charge >= 0.3 is 0 Å². The van der Waals surface area contributed by atoms with Crippen molar-refractivity contribution in [3.8, 4) is 0 Å². The molecule has 0 atom stereocenters. The Bertz CT molecular complexity index is 712. The van der Waals surface area contributed by atoms with Gasteiger partial charge in [0.2, 0.25) is 10.0 Å². The second-order valence-corrected chi connectivity index (χ2v) is 6.56. The van der Waals surface area contributed by atoms with Crippen molar-refractivity contribution < 1.29 is 8.42 Å². The van der Waals surface area contributed by atoms with Crippen molar-refractivity contribution in [2.24, 2.45) is 5.73 Å². The fourth-order valence-corrected chi connectivity index (χ4v) is 3.53. The van der Waals surface area contributed by atoms with Crippen molar-refractivity contribution in [1.82, 2.24) is 8.75 Å². The lowest BCUT2D eigenvalue weighted by molar-refractivity contribution is 0.605. The highest BCUT2D eigenvalue weighted by Crippen LogP contribution is 2.30. The molecule has 2 rings (SSSR count). The van der Waals surface area contributed by atoms with Crippen LogP contribution in [0.1, 0.15) is 0 Å². The highest BCUT2D eigenvalue weighted by Gasteiger charge is 2.17. The summed E-state index contributed by atoms with van der Waals surface area (Å²) in [6.07, 6.45) is 0. The second kappa shape index (κ2) is 4.92. The van der Waals surface area contributed by atoms with Gasteiger partial charge in [-0.2, -0.15) is 8.75 Å². The molecule has 0 fully saturated rings. The van der Waals surface area contributed by atoms with E-state index >= 15 is 0 Å². The number of hydrogen-bond acceptors (Lipinski definition) is 6. The maximum atomic E-state index is 11.7. The molecule has 0 unspecified atom stereocenters. The van der Waals surface area contributed by atoms with Crippen molar-refractivity contribution in [2.45, 2.75) is 0 Å². The number of nitrogens with one attached hydrogen (secondary N) is 1. The van der Waals surface area contributed by atoms with Crippen LogP contribution in [-0.4, -0.2) is 27.9 Å². The molecule has 6 nitrogen and oxygen atoms in total. The van der Waals surface area contributed by atoms with Gasteiger partial charge in [0.15, 0.2) is 0 Å². The number of sulfonamides is 1. The number of nitrogens with two attached hydrogens (primary N) is 1. The fraction of sp³-hybridized carbons (Fsp3) is 0.125. The van der Waals surface area contributed by atoms with Crippen molar-refractivity contribution in [1.29, 1.82) is 0 Å². The number of aromatic nitrogens is 2. The molecule has 96 valence electrons. The van der Waals surface area contributed by atoms with Gasteiger partial charge < -0.3 is 5.73 Å². The van der Waals surface area contributed by atoms with E-state index in [9.17, 15) is 8.42 Å². The first-order valence-corrected chi connectivity index (χ1v) is 7.75. The molecule has 0 spiro atoms. The summed E-state index contributed by atoms with van der Waals surface area (Å²) in [7, 11) is -3.69. The molecule has 0 amide bonds. The largest absolute Gasteiger partial charge is 0.392 e. The van der Waals surface area contributed by atoms with Gasteiger partial charge in [-0.1, -0.05) is 23.8 Å². The van der Waals surface area contributed by atoms with Gasteiger partial charge in [-0.3, -0.25) is 4.72 Å². The second-order valence-electron chi connectivity index (χ2n) is 3.38. The minimum atomic E-state index is -3.69. The van der Waals surface area contributed by atoms with E-state index < -0.39 is 15.8 Å². The maximum absolute atomic E-state index is 11.7. The normalized spacial score (nSPS) is 11.6. The zero-order valence-electron chi connectivity index (χ0n) is 8.75. The smallest absolute Gasteiger partial charge is 0.239 e. The highest BCUT2D eigenvalue weighted by molar-refractivity contribution is 7.95. The predicted molar refractivity (Wildman–Crippen MR) is 76.6 cm³/mol. The number of halogens is 1. The summed E-state index contributed by atoms with van der Waals surface area (Å²) in [5.74, 6) is -0.452. The van der Waals surface area contributed by atoms with Crippen LogP contribution in [0.3, 0.4) is 0 Å². The standard InChI is InChI=1S/C8H7ClN4O2S3/c9-4-1-2-5-8(12-17-11-5)7(4)13-18(14,15)3-6(10)16/h1-2,13H,3H2,(H2,10,16). The van der Waals surface area contributed by atoms with E-state index in [1.165, 1.54) is 0 Å². The topological polar surface area (TPSA) is 98.0 Å². The molecule has 0 saturated heterocycles. The molecule has 3 N–H and O–H groups in total. The van der Waals surface area contributed by atoms with Crippen molar-refractivity contribution in [3.63, 3.8) is 0 Å². The summed E-state index contributed by atoms with van der Waals surface area (Å²) in [6, 6.07) is 3.20. The molecule has 1 aromatic carbocycles. The Morgan fingerprint density at radius 3 is 2.89 bits per heavy atom. The molecule has 1 heterocycles. The van der Waals surface area contributed by atoms with Crippen molar-refractivity contribution in [3.05, 3.63) is 17.2 Å². The third-order valence-electron chi connectivity index (χ3n) is 1.97. The molecule has 10 heteroatoms. The monoisotopic (exact) mass is 322 g/mol. The van der Waals surface area contributed by atoms with Crippen LogP contribution >= 0.6 is 35.5 Å². The van der Waals surface area contributed by atoms with E-state index in [-0.39, 0.29) is 15.7 Å². The molecule has 18 heavy (non-hydrogen) atoms. The van der Waals surface area contributed by atoms with Gasteiger partial charge in [-0.25, -0.2) is 8.42 Å². The SMILES string of the molecule is NC(=S)CS(=O)(=O)Nc1c(Cl)ccc2nsnc12. The first-order chi connectivity index (χ1) is 8.39. The number of rotatable bonds is 4. The molecular weight excluding hydrogens is 316 g/mol. The van der Waals surface area contributed by atoms with Gasteiger partial charge in [-0.15, -0.1) is 0 Å². The molecule has 0 saturated carbocycles. The molecule has 0 aliphatic heterocycles. The molecule has 0 bridgehead atoms. The number of benzene rings is 1. The predicted octanol–water partition coefficient (Wildman–Crippen LogP) is 1.37. The molecule has 0 aliphatic rings. The first-order valence-electron chi connectivity index (χ1n) is 4.58. The molecule has 1 aromatic heterocycles. The summed E-state index contributed by atoms with van der Waals surface area (Å²) in [5, 5.41) is 0.238. The van der Waals surface area contributed by atoms with Crippen molar-refractivity contribution in [2.75, 3.05) is 10.5 Å². The minimum Gasteiger partial charge on any atom is -0.392 e. The summed E-state index contributed by atoms with van der Waals surface area (Å²) in [5.41, 5.74) is 6.38. The van der Waals surface area contributed by atoms with E-state index in [1.807, 2.05) is 0 Å². The van der Waals surface area contributed by atoms with Crippen molar-refractivity contribution >= 4 is 67.3 Å². The first kappa shape index (κ1) is 13.4. The summed E-state index contributed by atoms with van der Waals surface area (Å²) in [6.45, 7) is 0. The number of anilines is 1. The third-order valence-corrected chi connectivity index (χ3v) is 4.36. The van der Waals surface area contributed by atoms with Crippen LogP contribution in [0.5, 0.6) is 0 Å². The van der Waals surface area contributed by atoms with Crippen LogP contribution in [0.4, 0.5) is 5.69 Å². The van der Waals surface area contributed by atoms with Gasteiger partial charge in [0.1, 0.15) is 16.8 Å². The van der Waals surface area contributed by atoms with Crippen LogP contribution in [0, 0.1) is 0 Å². The lowest BCUT2D eigenvalue weighted by Crippen LogP contribution is -2.26. The Morgan fingerprint density at radius 2 is 2.22 bits per heavy atom. The van der Waals surface area contributed by atoms with Gasteiger partial charge in [0.25, 0.3) is 0 Å². The molecule has 0 aliphatic carbocycles. The lowest BCUT2D eigenvalue weighted by Gasteiger charge is -2.09. The van der Waals surface area contributed by atoms with E-state index in [0.717, 1.165) is 11.7 Å². The number of thiocarbonyl (C=S) groups is 1. The van der Waals surface area contributed by atoms with E-state index in [2.05, 4.69) is 25.7 Å². The molecule has 0 radical (unpaired) electrons. The molecule has 2 aromatic rings. The number of hydrogen-bond donors (Lipinski definition) is 2. The highest BCUT2D eigenvalue weighted by atomic mass is 35.5. The van der Waals surface area contributed by atoms with Crippen LogP contribution in [0.2, 0.25) is 5.02 Å². The maximum Gasteiger partial charge on any atom is 0.239 e. The van der Waals surface area contributed by atoms with E-state index in [1.54, 1.807) is 12.1 Å². The summed E-state index contributed by atoms with van der Waals surface area (Å²) in [4.78, 5) is -0.123. The average molecular weight is 323 g/mol. The average Bonchev–Trinajstić information content (AvgIpc) is 2.68. The van der Waals surface area contributed by atoms with Crippen LogP contribution < -0.4 is 10.5 Å². The zero-order valence-corrected chi connectivity index (χ0v) is 12.0. The van der Waals surface area contributed by atoms with Gasteiger partial charge in [0.05, 0.1) is 27.4 Å². The third kappa shape index (κ3) is 2.86. The van der Waals surface area contributed by atoms with Gasteiger partial charge in [-0.05, 0) is 12.1 Å². The Balaban J connectivity index is 2.45. The zero-order chi connectivity index (χ0) is 13.3. The fourth-order valence-electron chi connectivity index (χ4n) is 1.30. The van der Waals surface area contributed by atoms with Gasteiger partial charge in [0, 0.05) is 0 Å². The summed E-state index contributed by atoms with van der Waals surface area (Å²) >= 11 is 11.5. The Hall–Kier alpha value is -1.03. The summed E-state index contributed by atoms with van der Waals surface area (Å²) < 4.78 is 33.8.